The van der Waals surface area contributed by atoms with Crippen LogP contribution in [-0.4, -0.2) is 115 Å². The van der Waals surface area contributed by atoms with Crippen LogP contribution in [0.1, 0.15) is 0 Å². The predicted octanol–water partition coefficient (Wildman–Crippen LogP) is -8.10. The van der Waals surface area contributed by atoms with E-state index in [1.54, 1.807) is 0 Å². The Morgan fingerprint density at radius 1 is 0.370 bits per heavy atom. The summed E-state index contributed by atoms with van der Waals surface area (Å²) in [5.41, 5.74) is 0. The second kappa shape index (κ2) is 9.23. The Kier molecular flexibility index (Phi) is 7.85. The molecule has 0 aliphatic carbocycles. The van der Waals surface area contributed by atoms with Gasteiger partial charge in [-0.2, -0.15) is 15.0 Å². The highest BCUT2D eigenvalue weighted by atomic mass is 16.6. The normalized spacial score (nSPS) is 12.2. The van der Waals surface area contributed by atoms with Gasteiger partial charge in [0.25, 0.3) is 0 Å². The third kappa shape index (κ3) is 5.46. The van der Waals surface area contributed by atoms with Gasteiger partial charge in [-0.25, -0.2) is 14.7 Å². The summed E-state index contributed by atoms with van der Waals surface area (Å²) in [6, 6.07) is 0. The van der Waals surface area contributed by atoms with Gasteiger partial charge in [-0.05, 0) is 0 Å². The van der Waals surface area contributed by atoms with Crippen molar-refractivity contribution < 1.29 is 61.3 Å². The minimum absolute atomic E-state index is 0.161. The number of rotatable bonds is 9. The Bertz CT molecular complexity index is 483. The van der Waals surface area contributed by atoms with Crippen molar-refractivity contribution in [3.8, 4) is 0 Å². The second-order valence-electron chi connectivity index (χ2n) is 4.54. The van der Waals surface area contributed by atoms with Crippen LogP contribution in [0.2, 0.25) is 0 Å². The molecule has 0 fully saturated rings. The van der Waals surface area contributed by atoms with Crippen LogP contribution in [-0.2, 0) is 0 Å². The monoisotopic (exact) mass is 402 g/mol. The van der Waals surface area contributed by atoms with E-state index in [2.05, 4.69) is 15.0 Å². The van der Waals surface area contributed by atoms with E-state index < -0.39 is 56.3 Å². The fourth-order valence-corrected chi connectivity index (χ4v) is 1.67. The summed E-state index contributed by atoms with van der Waals surface area (Å²) in [5, 5.41) is 110. The lowest BCUT2D eigenvalue weighted by Crippen LogP contribution is -2.48. The molecule has 0 radical (unpaired) electrons. The molecule has 1 rings (SSSR count). The van der Waals surface area contributed by atoms with Crippen molar-refractivity contribution >= 4 is 17.8 Å². The smallest absolute Gasteiger partial charge is 0.241 e. The molecule has 0 amide bonds. The standard InChI is InChI=1S/C9H18N6O12/c16-4(17)13(5(18)19)1-10-2(14(6(20)21)7(22)23)12-3(11-1)15(8(24)25)9(26)27/h4-9,16-27H. The van der Waals surface area contributed by atoms with Crippen molar-refractivity contribution in [1.82, 2.24) is 15.0 Å². The zero-order chi connectivity index (χ0) is 21.0. The molecule has 0 aliphatic rings. The molecule has 27 heavy (non-hydrogen) atoms. The molecule has 0 bridgehead atoms. The van der Waals surface area contributed by atoms with Crippen molar-refractivity contribution in [2.75, 3.05) is 14.7 Å². The highest BCUT2D eigenvalue weighted by molar-refractivity contribution is 5.46. The SMILES string of the molecule is OC(O)N(c1nc(N(C(O)O)C(O)O)nc(N(C(O)O)C(O)O)n1)C(O)O. The molecule has 18 heteroatoms. The van der Waals surface area contributed by atoms with Gasteiger partial charge in [-0.3, -0.25) is 0 Å². The fourth-order valence-electron chi connectivity index (χ4n) is 1.67. The molecule has 1 heterocycles. The summed E-state index contributed by atoms with van der Waals surface area (Å²) < 4.78 is 0. The molecule has 12 N–H and O–H groups in total. The van der Waals surface area contributed by atoms with Crippen LogP contribution in [0.15, 0.2) is 0 Å². The van der Waals surface area contributed by atoms with Crippen molar-refractivity contribution in [2.24, 2.45) is 0 Å². The molecular weight excluding hydrogens is 384 g/mol. The van der Waals surface area contributed by atoms with Gasteiger partial charge in [-0.15, -0.1) is 0 Å². The third-order valence-electron chi connectivity index (χ3n) is 2.79. The van der Waals surface area contributed by atoms with Gasteiger partial charge >= 0.3 is 0 Å². The summed E-state index contributed by atoms with van der Waals surface area (Å²) in [5.74, 6) is -3.38. The van der Waals surface area contributed by atoms with Gasteiger partial charge in [0.05, 0.1) is 0 Å². The van der Waals surface area contributed by atoms with Gasteiger partial charge in [0.2, 0.25) is 56.3 Å². The number of aliphatic hydroxyl groups excluding tert-OH is 6. The fraction of sp³-hybridized carbons (Fsp3) is 0.667. The van der Waals surface area contributed by atoms with Crippen LogP contribution in [0.5, 0.6) is 0 Å². The van der Waals surface area contributed by atoms with Gasteiger partial charge in [-0.1, -0.05) is 0 Å². The molecule has 0 saturated heterocycles. The Morgan fingerprint density at radius 2 is 0.519 bits per heavy atom. The lowest BCUT2D eigenvalue weighted by atomic mass is 10.6. The highest BCUT2D eigenvalue weighted by Crippen LogP contribution is 2.23. The lowest BCUT2D eigenvalue weighted by Gasteiger charge is -2.31. The maximum atomic E-state index is 9.17. The van der Waals surface area contributed by atoms with E-state index in [0.29, 0.717) is 0 Å². The van der Waals surface area contributed by atoms with E-state index in [1.807, 2.05) is 0 Å². The average Bonchev–Trinajstić information content (AvgIpc) is 2.44. The van der Waals surface area contributed by atoms with Crippen molar-refractivity contribution in [2.45, 2.75) is 38.5 Å². The summed E-state index contributed by atoms with van der Waals surface area (Å²) >= 11 is 0. The number of aliphatic hydroxyl groups is 12. The van der Waals surface area contributed by atoms with Crippen molar-refractivity contribution in [3.63, 3.8) is 0 Å². The van der Waals surface area contributed by atoms with E-state index in [0.717, 1.165) is 0 Å². The first-order chi connectivity index (χ1) is 12.4. The number of hydrogen-bond donors (Lipinski definition) is 12. The van der Waals surface area contributed by atoms with Crippen LogP contribution in [0, 0.1) is 0 Å². The minimum atomic E-state index is -2.69. The third-order valence-corrected chi connectivity index (χ3v) is 2.79. The Morgan fingerprint density at radius 3 is 0.630 bits per heavy atom. The first kappa shape index (κ1) is 23.0. The van der Waals surface area contributed by atoms with Crippen molar-refractivity contribution in [3.05, 3.63) is 0 Å². The van der Waals surface area contributed by atoms with Crippen LogP contribution in [0.25, 0.3) is 0 Å². The molecule has 0 aromatic carbocycles. The van der Waals surface area contributed by atoms with Gasteiger partial charge in [0.1, 0.15) is 0 Å². The average molecular weight is 402 g/mol. The highest BCUT2D eigenvalue weighted by Gasteiger charge is 2.32. The van der Waals surface area contributed by atoms with Gasteiger partial charge in [0.15, 0.2) is 0 Å². The second-order valence-corrected chi connectivity index (χ2v) is 4.54. The number of anilines is 3. The maximum Gasteiger partial charge on any atom is 0.241 e. The van der Waals surface area contributed by atoms with Crippen molar-refractivity contribution in [1.29, 1.82) is 0 Å². The molecule has 1 aromatic rings. The summed E-state index contributed by atoms with van der Waals surface area (Å²) in [6.45, 7) is 0. The van der Waals surface area contributed by atoms with E-state index in [-0.39, 0.29) is 14.7 Å². The lowest BCUT2D eigenvalue weighted by molar-refractivity contribution is -0.125. The molecule has 0 spiro atoms. The summed E-state index contributed by atoms with van der Waals surface area (Å²) in [4.78, 5) is 9.47. The number of aromatic nitrogens is 3. The topological polar surface area (TPSA) is 291 Å². The Hall–Kier alpha value is -2.07. The molecule has 1 aromatic heterocycles. The van der Waals surface area contributed by atoms with Crippen LogP contribution in [0.4, 0.5) is 17.8 Å². The Labute approximate surface area is 148 Å². The first-order valence-corrected chi connectivity index (χ1v) is 6.66. The quantitative estimate of drug-likeness (QED) is 0.171. The van der Waals surface area contributed by atoms with E-state index >= 15 is 0 Å². The van der Waals surface area contributed by atoms with Crippen LogP contribution < -0.4 is 14.7 Å². The first-order valence-electron chi connectivity index (χ1n) is 6.66. The van der Waals surface area contributed by atoms with Gasteiger partial charge < -0.3 is 61.3 Å². The molecule has 0 saturated carbocycles. The maximum absolute atomic E-state index is 9.17. The molecular formula is C9H18N6O12. The zero-order valence-electron chi connectivity index (χ0n) is 13.0. The molecule has 0 aliphatic heterocycles. The Balaban J connectivity index is 3.69. The predicted molar refractivity (Wildman–Crippen MR) is 76.6 cm³/mol. The molecule has 0 atom stereocenters. The summed E-state index contributed by atoms with van der Waals surface area (Å²) in [6.07, 6.45) is -16.1. The van der Waals surface area contributed by atoms with E-state index in [1.165, 1.54) is 0 Å². The molecule has 0 unspecified atom stereocenters. The van der Waals surface area contributed by atoms with Gasteiger partial charge in [0, 0.05) is 0 Å². The molecule has 156 valence electrons. The van der Waals surface area contributed by atoms with Crippen LogP contribution >= 0.6 is 0 Å². The zero-order valence-corrected chi connectivity index (χ0v) is 13.0. The largest absolute Gasteiger partial charge is 0.351 e. The number of nitrogens with zero attached hydrogens (tertiary/aromatic N) is 6. The molecule has 18 nitrogen and oxygen atoms in total. The van der Waals surface area contributed by atoms with E-state index in [9.17, 15) is 61.3 Å². The number of hydrogen-bond acceptors (Lipinski definition) is 18. The van der Waals surface area contributed by atoms with E-state index in [4.69, 9.17) is 0 Å². The summed E-state index contributed by atoms with van der Waals surface area (Å²) in [7, 11) is 0. The minimum Gasteiger partial charge on any atom is -0.351 e. The van der Waals surface area contributed by atoms with Crippen LogP contribution in [0.3, 0.4) is 0 Å².